The van der Waals surface area contributed by atoms with Gasteiger partial charge in [-0.1, -0.05) is 49.4 Å². The molecule has 3 rings (SSSR count). The number of imide groups is 1. The number of benzene rings is 2. The summed E-state index contributed by atoms with van der Waals surface area (Å²) in [5.41, 5.74) is 1.50. The Balaban J connectivity index is 2.03. The smallest absolute Gasteiger partial charge is 0.329 e. The van der Waals surface area contributed by atoms with Gasteiger partial charge in [-0.2, -0.15) is 0 Å². The second-order valence-corrected chi connectivity index (χ2v) is 5.92. The fourth-order valence-electron chi connectivity index (χ4n) is 3.16. The lowest BCUT2D eigenvalue weighted by atomic mass is 9.92. The minimum atomic E-state index is -1.00. The van der Waals surface area contributed by atoms with Crippen molar-refractivity contribution in [2.45, 2.75) is 25.8 Å². The third-order valence-electron chi connectivity index (χ3n) is 4.43. The summed E-state index contributed by atoms with van der Waals surface area (Å²) in [5.74, 6) is -1.88. The van der Waals surface area contributed by atoms with Gasteiger partial charge in [-0.3, -0.25) is 14.5 Å². The maximum Gasteiger partial charge on any atom is 0.329 e. The highest BCUT2D eigenvalue weighted by atomic mass is 16.5. The molecule has 0 aliphatic carbocycles. The highest BCUT2D eigenvalue weighted by molar-refractivity contribution is 6.22. The van der Waals surface area contributed by atoms with E-state index < -0.39 is 23.8 Å². The van der Waals surface area contributed by atoms with Gasteiger partial charge < -0.3 is 4.74 Å². The highest BCUT2D eigenvalue weighted by Crippen LogP contribution is 2.31. The Kier molecular flexibility index (Phi) is 4.65. The van der Waals surface area contributed by atoms with Crippen molar-refractivity contribution in [3.05, 3.63) is 71.3 Å². The highest BCUT2D eigenvalue weighted by Gasteiger charge is 2.45. The molecule has 1 aliphatic rings. The molecular weight excluding hydrogens is 318 g/mol. The molecule has 0 spiro atoms. The Morgan fingerprint density at radius 3 is 2.00 bits per heavy atom. The van der Waals surface area contributed by atoms with E-state index in [0.717, 1.165) is 10.5 Å². The number of amides is 2. The van der Waals surface area contributed by atoms with Gasteiger partial charge in [0.25, 0.3) is 11.8 Å². The minimum Gasteiger partial charge on any atom is -0.464 e. The van der Waals surface area contributed by atoms with Gasteiger partial charge in [-0.15, -0.1) is 0 Å². The van der Waals surface area contributed by atoms with Crippen molar-refractivity contribution in [3.8, 4) is 0 Å². The Morgan fingerprint density at radius 1 is 0.960 bits per heavy atom. The second kappa shape index (κ2) is 6.89. The van der Waals surface area contributed by atoms with E-state index in [1.807, 2.05) is 37.3 Å². The van der Waals surface area contributed by atoms with E-state index in [4.69, 9.17) is 4.74 Å². The van der Waals surface area contributed by atoms with Crippen molar-refractivity contribution in [2.24, 2.45) is 0 Å². The third-order valence-corrected chi connectivity index (χ3v) is 4.43. The zero-order chi connectivity index (χ0) is 18.0. The number of hydrogen-bond donors (Lipinski definition) is 0. The predicted octanol–water partition coefficient (Wildman–Crippen LogP) is 3.02. The van der Waals surface area contributed by atoms with E-state index in [9.17, 15) is 14.4 Å². The molecule has 2 aromatic rings. The van der Waals surface area contributed by atoms with Crippen LogP contribution in [0.2, 0.25) is 0 Å². The number of esters is 1. The fraction of sp³-hybridized carbons (Fsp3) is 0.250. The van der Waals surface area contributed by atoms with Gasteiger partial charge in [-0.25, -0.2) is 4.79 Å². The summed E-state index contributed by atoms with van der Waals surface area (Å²) in [6.07, 6.45) is 0. The molecular formula is C20H19NO4. The molecule has 128 valence electrons. The van der Waals surface area contributed by atoms with Crippen LogP contribution >= 0.6 is 0 Å². The molecule has 2 amide bonds. The quantitative estimate of drug-likeness (QED) is 0.621. The van der Waals surface area contributed by atoms with Gasteiger partial charge >= 0.3 is 5.97 Å². The predicted molar refractivity (Wildman–Crippen MR) is 92.2 cm³/mol. The lowest BCUT2D eigenvalue weighted by molar-refractivity contribution is -0.148. The summed E-state index contributed by atoms with van der Waals surface area (Å²) in [5, 5.41) is 0. The van der Waals surface area contributed by atoms with E-state index in [-0.39, 0.29) is 12.5 Å². The van der Waals surface area contributed by atoms with Crippen LogP contribution in [0.1, 0.15) is 46.0 Å². The summed E-state index contributed by atoms with van der Waals surface area (Å²) in [6, 6.07) is 14.9. The zero-order valence-electron chi connectivity index (χ0n) is 14.1. The van der Waals surface area contributed by atoms with Gasteiger partial charge in [0, 0.05) is 5.92 Å². The summed E-state index contributed by atoms with van der Waals surface area (Å²) >= 11 is 0. The first kappa shape index (κ1) is 16.9. The average Bonchev–Trinajstić information content (AvgIpc) is 2.88. The van der Waals surface area contributed by atoms with Crippen molar-refractivity contribution >= 4 is 17.8 Å². The standard InChI is InChI=1S/C20H19NO4/c1-3-25-20(24)17(13(2)14-9-5-4-6-10-14)21-18(22)15-11-7-8-12-16(15)19(21)23/h4-13,17H,3H2,1-2H3. The maximum atomic E-state index is 12.8. The topological polar surface area (TPSA) is 63.7 Å². The van der Waals surface area contributed by atoms with Gasteiger partial charge in [0.1, 0.15) is 6.04 Å². The number of rotatable bonds is 5. The number of carbonyl (C=O) groups is 3. The van der Waals surface area contributed by atoms with Crippen LogP contribution < -0.4 is 0 Å². The normalized spacial score (nSPS) is 15.7. The van der Waals surface area contributed by atoms with Gasteiger partial charge in [0.05, 0.1) is 17.7 Å². The third kappa shape index (κ3) is 2.93. The molecule has 0 N–H and O–H groups in total. The number of ether oxygens (including phenoxy) is 1. The maximum absolute atomic E-state index is 12.8. The molecule has 25 heavy (non-hydrogen) atoms. The minimum absolute atomic E-state index is 0.181. The Bertz CT molecular complexity index is 780. The summed E-state index contributed by atoms with van der Waals surface area (Å²) in [7, 11) is 0. The van der Waals surface area contributed by atoms with Crippen molar-refractivity contribution in [2.75, 3.05) is 6.61 Å². The average molecular weight is 337 g/mol. The molecule has 0 aromatic heterocycles. The monoisotopic (exact) mass is 337 g/mol. The SMILES string of the molecule is CCOC(=O)C(C(C)c1ccccc1)N1C(=O)c2ccccc2C1=O. The van der Waals surface area contributed by atoms with E-state index in [1.54, 1.807) is 31.2 Å². The van der Waals surface area contributed by atoms with Crippen LogP contribution in [0.25, 0.3) is 0 Å². The van der Waals surface area contributed by atoms with Gasteiger partial charge in [0.15, 0.2) is 0 Å². The van der Waals surface area contributed by atoms with Gasteiger partial charge in [-0.05, 0) is 24.6 Å². The molecule has 0 radical (unpaired) electrons. The Morgan fingerprint density at radius 2 is 1.48 bits per heavy atom. The molecule has 5 nitrogen and oxygen atoms in total. The van der Waals surface area contributed by atoms with E-state index in [1.165, 1.54) is 0 Å². The molecule has 0 saturated heterocycles. The van der Waals surface area contributed by atoms with Crippen LogP contribution in [0, 0.1) is 0 Å². The molecule has 1 heterocycles. The van der Waals surface area contributed by atoms with E-state index in [0.29, 0.717) is 11.1 Å². The van der Waals surface area contributed by atoms with Crippen LogP contribution in [-0.2, 0) is 9.53 Å². The first-order chi connectivity index (χ1) is 12.1. The fourth-order valence-corrected chi connectivity index (χ4v) is 3.16. The molecule has 5 heteroatoms. The van der Waals surface area contributed by atoms with Crippen LogP contribution in [-0.4, -0.2) is 35.3 Å². The van der Waals surface area contributed by atoms with Crippen LogP contribution in [0.3, 0.4) is 0 Å². The second-order valence-electron chi connectivity index (χ2n) is 5.92. The first-order valence-corrected chi connectivity index (χ1v) is 8.24. The van der Waals surface area contributed by atoms with Crippen molar-refractivity contribution in [3.63, 3.8) is 0 Å². The lowest BCUT2D eigenvalue weighted by Crippen LogP contribution is -2.48. The van der Waals surface area contributed by atoms with Gasteiger partial charge in [0.2, 0.25) is 0 Å². The largest absolute Gasteiger partial charge is 0.464 e. The van der Waals surface area contributed by atoms with Crippen LogP contribution in [0.4, 0.5) is 0 Å². The van der Waals surface area contributed by atoms with E-state index in [2.05, 4.69) is 0 Å². The molecule has 0 saturated carbocycles. The Labute approximate surface area is 146 Å². The molecule has 2 atom stereocenters. The first-order valence-electron chi connectivity index (χ1n) is 8.24. The molecule has 1 aliphatic heterocycles. The number of hydrogen-bond acceptors (Lipinski definition) is 4. The number of nitrogens with zero attached hydrogens (tertiary/aromatic N) is 1. The van der Waals surface area contributed by atoms with Crippen LogP contribution in [0.5, 0.6) is 0 Å². The summed E-state index contributed by atoms with van der Waals surface area (Å²) in [6.45, 7) is 3.70. The number of carbonyl (C=O) groups excluding carboxylic acids is 3. The molecule has 0 bridgehead atoms. The molecule has 2 aromatic carbocycles. The zero-order valence-corrected chi connectivity index (χ0v) is 14.1. The molecule has 2 unspecified atom stereocenters. The lowest BCUT2D eigenvalue weighted by Gasteiger charge is -2.29. The molecule has 0 fully saturated rings. The van der Waals surface area contributed by atoms with Crippen molar-refractivity contribution < 1.29 is 19.1 Å². The van der Waals surface area contributed by atoms with Crippen molar-refractivity contribution in [1.82, 2.24) is 4.90 Å². The summed E-state index contributed by atoms with van der Waals surface area (Å²) < 4.78 is 5.17. The van der Waals surface area contributed by atoms with Crippen molar-refractivity contribution in [1.29, 1.82) is 0 Å². The Hall–Kier alpha value is -2.95. The number of fused-ring (bicyclic) bond motifs is 1. The summed E-state index contributed by atoms with van der Waals surface area (Å²) in [4.78, 5) is 39.2. The van der Waals surface area contributed by atoms with E-state index >= 15 is 0 Å². The van der Waals surface area contributed by atoms with Crippen LogP contribution in [0.15, 0.2) is 54.6 Å².